The summed E-state index contributed by atoms with van der Waals surface area (Å²) in [4.78, 5) is 0. The van der Waals surface area contributed by atoms with Crippen LogP contribution in [0, 0.1) is 11.6 Å². The topological polar surface area (TPSA) is 26.0 Å². The Morgan fingerprint density at radius 3 is 1.92 bits per heavy atom. The lowest BCUT2D eigenvalue weighted by Crippen LogP contribution is -2.36. The van der Waals surface area contributed by atoms with Gasteiger partial charge in [-0.3, -0.25) is 0 Å². The number of hydrogen-bond acceptors (Lipinski definition) is 1. The first-order chi connectivity index (χ1) is 5.82. The van der Waals surface area contributed by atoms with Crippen LogP contribution >= 0.6 is 0 Å². The number of halogens is 5. The molecular weight excluding hydrogens is 192 g/mol. The standard InChI is InChI=1S/C6H4BF5N/c8-4-1-3(7(10,11)12)6(13)2-5(4)9/h1-2H,13H2/q-1. The Morgan fingerprint density at radius 2 is 1.46 bits per heavy atom. The smallest absolute Gasteiger partial charge is 0.445 e. The van der Waals surface area contributed by atoms with Crippen LogP contribution < -0.4 is 11.2 Å². The van der Waals surface area contributed by atoms with Crippen LogP contribution in [0.4, 0.5) is 27.4 Å². The van der Waals surface area contributed by atoms with Crippen LogP contribution in [0.1, 0.15) is 0 Å². The monoisotopic (exact) mass is 196 g/mol. The van der Waals surface area contributed by atoms with Crippen molar-refractivity contribution in [2.24, 2.45) is 0 Å². The van der Waals surface area contributed by atoms with Gasteiger partial charge in [-0.2, -0.15) is 0 Å². The fraction of sp³-hybridized carbons (Fsp3) is 0. The summed E-state index contributed by atoms with van der Waals surface area (Å²) in [6, 6.07) is 0.380. The quantitative estimate of drug-likeness (QED) is 0.412. The van der Waals surface area contributed by atoms with E-state index in [0.29, 0.717) is 6.07 Å². The van der Waals surface area contributed by atoms with Gasteiger partial charge in [-0.05, 0) is 12.1 Å². The van der Waals surface area contributed by atoms with Crippen LogP contribution in [0.25, 0.3) is 0 Å². The molecule has 1 rings (SSSR count). The molecule has 0 aromatic heterocycles. The van der Waals surface area contributed by atoms with Gasteiger partial charge in [0.15, 0.2) is 11.6 Å². The first kappa shape index (κ1) is 9.82. The summed E-state index contributed by atoms with van der Waals surface area (Å²) in [6.45, 7) is -5.39. The third kappa shape index (κ3) is 1.91. The van der Waals surface area contributed by atoms with Crippen LogP contribution in [-0.4, -0.2) is 6.98 Å². The maximum Gasteiger partial charge on any atom is 0.511 e. The van der Waals surface area contributed by atoms with Crippen molar-refractivity contribution in [3.8, 4) is 0 Å². The predicted octanol–water partition coefficient (Wildman–Crippen LogP) is 1.60. The van der Waals surface area contributed by atoms with Crippen molar-refractivity contribution >= 4 is 18.1 Å². The highest BCUT2D eigenvalue weighted by Gasteiger charge is 2.29. The van der Waals surface area contributed by atoms with E-state index in [4.69, 9.17) is 5.73 Å². The lowest BCUT2D eigenvalue weighted by Gasteiger charge is -2.17. The molecule has 0 saturated heterocycles. The van der Waals surface area contributed by atoms with Crippen molar-refractivity contribution in [1.29, 1.82) is 0 Å². The van der Waals surface area contributed by atoms with E-state index in [2.05, 4.69) is 0 Å². The summed E-state index contributed by atoms with van der Waals surface area (Å²) in [5.74, 6) is -2.94. The number of benzene rings is 1. The maximum absolute atomic E-state index is 12.4. The van der Waals surface area contributed by atoms with Crippen LogP contribution in [-0.2, 0) is 0 Å². The summed E-state index contributed by atoms with van der Waals surface area (Å²) in [5.41, 5.74) is 2.76. The van der Waals surface area contributed by atoms with E-state index in [0.717, 1.165) is 0 Å². The summed E-state index contributed by atoms with van der Waals surface area (Å²) < 4.78 is 60.9. The van der Waals surface area contributed by atoms with Crippen LogP contribution in [0.2, 0.25) is 0 Å². The second-order valence-corrected chi connectivity index (χ2v) is 2.47. The Morgan fingerprint density at radius 1 is 1.00 bits per heavy atom. The van der Waals surface area contributed by atoms with Gasteiger partial charge in [0.25, 0.3) is 0 Å². The molecule has 0 amide bonds. The minimum atomic E-state index is -5.39. The van der Waals surface area contributed by atoms with Crippen molar-refractivity contribution < 1.29 is 21.7 Å². The van der Waals surface area contributed by atoms with Crippen LogP contribution in [0.15, 0.2) is 12.1 Å². The minimum absolute atomic E-state index is 0.0602. The molecule has 1 aromatic rings. The number of nitrogens with two attached hydrogens (primary N) is 1. The second-order valence-electron chi connectivity index (χ2n) is 2.47. The lowest BCUT2D eigenvalue weighted by molar-refractivity contribution is 0.493. The van der Waals surface area contributed by atoms with Gasteiger partial charge in [0.05, 0.1) is 0 Å². The van der Waals surface area contributed by atoms with Crippen molar-refractivity contribution in [1.82, 2.24) is 0 Å². The molecule has 0 fully saturated rings. The second kappa shape index (κ2) is 2.90. The Labute approximate surface area is 70.4 Å². The fourth-order valence-electron chi connectivity index (χ4n) is 0.861. The van der Waals surface area contributed by atoms with E-state index in [9.17, 15) is 21.7 Å². The Kier molecular flexibility index (Phi) is 2.19. The van der Waals surface area contributed by atoms with Crippen molar-refractivity contribution in [3.63, 3.8) is 0 Å². The van der Waals surface area contributed by atoms with E-state index < -0.39 is 29.8 Å². The highest BCUT2D eigenvalue weighted by molar-refractivity contribution is 6.74. The maximum atomic E-state index is 12.4. The summed E-state index contributed by atoms with van der Waals surface area (Å²) in [6.07, 6.45) is 0. The first-order valence-corrected chi connectivity index (χ1v) is 3.26. The van der Waals surface area contributed by atoms with Crippen LogP contribution in [0.5, 0.6) is 0 Å². The van der Waals surface area contributed by atoms with Gasteiger partial charge in [0.2, 0.25) is 0 Å². The normalized spacial score (nSPS) is 11.8. The molecule has 0 spiro atoms. The third-order valence-corrected chi connectivity index (χ3v) is 1.48. The lowest BCUT2D eigenvalue weighted by atomic mass is 9.79. The number of rotatable bonds is 1. The van der Waals surface area contributed by atoms with Gasteiger partial charge in [-0.15, -0.1) is 0 Å². The molecule has 1 aromatic carbocycles. The number of hydrogen-bond donors (Lipinski definition) is 1. The molecular formula is C6H4BF5N-. The van der Waals surface area contributed by atoms with Gasteiger partial charge in [0, 0.05) is 5.69 Å². The Balaban J connectivity index is 3.32. The zero-order chi connectivity index (χ0) is 10.2. The van der Waals surface area contributed by atoms with Gasteiger partial charge < -0.3 is 18.7 Å². The summed E-state index contributed by atoms with van der Waals surface area (Å²) in [7, 11) is 0. The molecule has 72 valence electrons. The minimum Gasteiger partial charge on any atom is -0.445 e. The van der Waals surface area contributed by atoms with E-state index in [1.165, 1.54) is 0 Å². The van der Waals surface area contributed by atoms with Crippen LogP contribution in [0.3, 0.4) is 0 Å². The van der Waals surface area contributed by atoms with E-state index in [-0.39, 0.29) is 6.07 Å². The molecule has 0 heterocycles. The largest absolute Gasteiger partial charge is 0.511 e. The highest BCUT2D eigenvalue weighted by atomic mass is 19.4. The van der Waals surface area contributed by atoms with Gasteiger partial charge >= 0.3 is 6.98 Å². The molecule has 0 aliphatic carbocycles. The highest BCUT2D eigenvalue weighted by Crippen LogP contribution is 2.16. The first-order valence-electron chi connectivity index (χ1n) is 3.26. The van der Waals surface area contributed by atoms with Crippen molar-refractivity contribution in [3.05, 3.63) is 23.8 Å². The van der Waals surface area contributed by atoms with Gasteiger partial charge in [-0.1, -0.05) is 5.46 Å². The molecule has 0 radical (unpaired) electrons. The third-order valence-electron chi connectivity index (χ3n) is 1.48. The van der Waals surface area contributed by atoms with E-state index >= 15 is 0 Å². The fourth-order valence-corrected chi connectivity index (χ4v) is 0.861. The number of nitrogen functional groups attached to an aromatic ring is 1. The molecule has 1 nitrogen and oxygen atoms in total. The average molecular weight is 196 g/mol. The zero-order valence-corrected chi connectivity index (χ0v) is 6.20. The molecule has 0 atom stereocenters. The number of anilines is 1. The molecule has 0 aliphatic heterocycles. The summed E-state index contributed by atoms with van der Waals surface area (Å²) >= 11 is 0. The van der Waals surface area contributed by atoms with Crippen molar-refractivity contribution in [2.45, 2.75) is 0 Å². The molecule has 2 N–H and O–H groups in total. The molecule has 0 saturated carbocycles. The predicted molar refractivity (Wildman–Crippen MR) is 39.5 cm³/mol. The Bertz CT molecular complexity index is 335. The van der Waals surface area contributed by atoms with Gasteiger partial charge in [-0.25, -0.2) is 8.78 Å². The Hall–Kier alpha value is -1.27. The molecule has 0 aliphatic rings. The molecule has 0 bridgehead atoms. The van der Waals surface area contributed by atoms with E-state index in [1.807, 2.05) is 0 Å². The van der Waals surface area contributed by atoms with Gasteiger partial charge in [0.1, 0.15) is 0 Å². The molecule has 0 unspecified atom stereocenters. The summed E-state index contributed by atoms with van der Waals surface area (Å²) in [5, 5.41) is 0. The molecule has 7 heteroatoms. The van der Waals surface area contributed by atoms with Crippen molar-refractivity contribution in [2.75, 3.05) is 5.73 Å². The molecule has 13 heavy (non-hydrogen) atoms. The SMILES string of the molecule is Nc1cc(F)c(F)cc1[B-](F)(F)F. The average Bonchev–Trinajstić information content (AvgIpc) is 1.94. The zero-order valence-electron chi connectivity index (χ0n) is 6.20. The van der Waals surface area contributed by atoms with E-state index in [1.54, 1.807) is 0 Å².